The lowest BCUT2D eigenvalue weighted by Gasteiger charge is -2.16. The molecule has 1 heterocycles. The average Bonchev–Trinajstić information content (AvgIpc) is 2.38. The van der Waals surface area contributed by atoms with Gasteiger partial charge in [0.25, 0.3) is 0 Å². The molecule has 2 aromatic rings. The lowest BCUT2D eigenvalue weighted by molar-refractivity contribution is 0.571. The maximum Gasteiger partial charge on any atom is 0.0312 e. The maximum absolute atomic E-state index is 4.11. The fourth-order valence-corrected chi connectivity index (χ4v) is 1.96. The van der Waals surface area contributed by atoms with Gasteiger partial charge in [-0.2, -0.15) is 0 Å². The monoisotopic (exact) mass is 226 g/mol. The highest BCUT2D eigenvalue weighted by molar-refractivity contribution is 5.28. The molecule has 2 nitrogen and oxygen atoms in total. The summed E-state index contributed by atoms with van der Waals surface area (Å²) in [6.07, 6.45) is 3.70. The number of hydrogen-bond donors (Lipinski definition) is 1. The van der Waals surface area contributed by atoms with Crippen molar-refractivity contribution >= 4 is 0 Å². The summed E-state index contributed by atoms with van der Waals surface area (Å²) in [4.78, 5) is 4.11. The molecule has 0 radical (unpaired) electrons. The van der Waals surface area contributed by atoms with E-state index < -0.39 is 0 Å². The number of hydrogen-bond acceptors (Lipinski definition) is 2. The first-order valence-corrected chi connectivity index (χ1v) is 5.95. The number of aromatic nitrogens is 1. The van der Waals surface area contributed by atoms with Gasteiger partial charge in [-0.05, 0) is 36.6 Å². The molecule has 0 aliphatic rings. The molecule has 0 amide bonds. The SMILES string of the molecule is Cc1ccccc1[C@@H](C)NCc1cccnc1. The second kappa shape index (κ2) is 5.60. The van der Waals surface area contributed by atoms with Gasteiger partial charge < -0.3 is 5.32 Å². The molecule has 1 atom stereocenters. The second-order valence-electron chi connectivity index (χ2n) is 4.32. The summed E-state index contributed by atoms with van der Waals surface area (Å²) in [6, 6.07) is 12.9. The van der Waals surface area contributed by atoms with Crippen molar-refractivity contribution in [2.24, 2.45) is 0 Å². The first-order chi connectivity index (χ1) is 8.27. The Kier molecular flexibility index (Phi) is 3.89. The topological polar surface area (TPSA) is 24.9 Å². The predicted molar refractivity (Wildman–Crippen MR) is 70.7 cm³/mol. The minimum atomic E-state index is 0.358. The molecule has 2 heteroatoms. The largest absolute Gasteiger partial charge is 0.306 e. The molecule has 0 saturated carbocycles. The molecule has 17 heavy (non-hydrogen) atoms. The van der Waals surface area contributed by atoms with Gasteiger partial charge >= 0.3 is 0 Å². The van der Waals surface area contributed by atoms with E-state index in [1.54, 1.807) is 6.20 Å². The van der Waals surface area contributed by atoms with Crippen molar-refractivity contribution in [3.8, 4) is 0 Å². The Bertz CT molecular complexity index is 465. The first-order valence-electron chi connectivity index (χ1n) is 5.95. The van der Waals surface area contributed by atoms with E-state index in [9.17, 15) is 0 Å². The van der Waals surface area contributed by atoms with Crippen LogP contribution < -0.4 is 5.32 Å². The van der Waals surface area contributed by atoms with Gasteiger partial charge in [0, 0.05) is 25.0 Å². The highest BCUT2D eigenvalue weighted by Crippen LogP contribution is 2.16. The summed E-state index contributed by atoms with van der Waals surface area (Å²) in [5.41, 5.74) is 3.91. The van der Waals surface area contributed by atoms with Crippen molar-refractivity contribution in [2.75, 3.05) is 0 Å². The lowest BCUT2D eigenvalue weighted by atomic mass is 10.0. The maximum atomic E-state index is 4.11. The van der Waals surface area contributed by atoms with Crippen molar-refractivity contribution in [1.29, 1.82) is 0 Å². The van der Waals surface area contributed by atoms with Crippen LogP contribution in [-0.2, 0) is 6.54 Å². The molecule has 88 valence electrons. The molecule has 0 bridgehead atoms. The molecule has 0 saturated heterocycles. The first kappa shape index (κ1) is 11.8. The number of pyridine rings is 1. The predicted octanol–water partition coefficient (Wildman–Crippen LogP) is 3.24. The minimum Gasteiger partial charge on any atom is -0.306 e. The molecule has 0 unspecified atom stereocenters. The van der Waals surface area contributed by atoms with Crippen LogP contribution in [0.15, 0.2) is 48.8 Å². The van der Waals surface area contributed by atoms with Gasteiger partial charge in [-0.25, -0.2) is 0 Å². The Morgan fingerprint density at radius 2 is 2.00 bits per heavy atom. The van der Waals surface area contributed by atoms with E-state index in [4.69, 9.17) is 0 Å². The van der Waals surface area contributed by atoms with Crippen LogP contribution in [0.1, 0.15) is 29.7 Å². The van der Waals surface area contributed by atoms with Gasteiger partial charge in [-0.1, -0.05) is 30.3 Å². The van der Waals surface area contributed by atoms with Gasteiger partial charge in [0.05, 0.1) is 0 Å². The van der Waals surface area contributed by atoms with Gasteiger partial charge in [0.1, 0.15) is 0 Å². The lowest BCUT2D eigenvalue weighted by Crippen LogP contribution is -2.18. The van der Waals surface area contributed by atoms with E-state index in [2.05, 4.69) is 54.5 Å². The Labute approximate surface area is 103 Å². The molecule has 0 fully saturated rings. The smallest absolute Gasteiger partial charge is 0.0312 e. The van der Waals surface area contributed by atoms with Crippen LogP contribution in [0.4, 0.5) is 0 Å². The number of rotatable bonds is 4. The van der Waals surface area contributed by atoms with Crippen LogP contribution in [0.5, 0.6) is 0 Å². The molecule has 0 spiro atoms. The number of benzene rings is 1. The number of aryl methyl sites for hydroxylation is 1. The van der Waals surface area contributed by atoms with Crippen LogP contribution in [0.25, 0.3) is 0 Å². The van der Waals surface area contributed by atoms with Crippen molar-refractivity contribution in [2.45, 2.75) is 26.4 Å². The third-order valence-electron chi connectivity index (χ3n) is 2.99. The Balaban J connectivity index is 1.99. The van der Waals surface area contributed by atoms with E-state index in [1.165, 1.54) is 16.7 Å². The third-order valence-corrected chi connectivity index (χ3v) is 2.99. The summed E-state index contributed by atoms with van der Waals surface area (Å²) in [5.74, 6) is 0. The summed E-state index contributed by atoms with van der Waals surface area (Å²) < 4.78 is 0. The summed E-state index contributed by atoms with van der Waals surface area (Å²) in [6.45, 7) is 5.19. The van der Waals surface area contributed by atoms with Crippen molar-refractivity contribution in [3.05, 3.63) is 65.5 Å². The van der Waals surface area contributed by atoms with Crippen LogP contribution in [0.3, 0.4) is 0 Å². The van der Waals surface area contributed by atoms with Gasteiger partial charge in [0.15, 0.2) is 0 Å². The van der Waals surface area contributed by atoms with Crippen LogP contribution in [0.2, 0.25) is 0 Å². The van der Waals surface area contributed by atoms with Crippen LogP contribution in [0, 0.1) is 6.92 Å². The molecule has 2 rings (SSSR count). The zero-order chi connectivity index (χ0) is 12.1. The fraction of sp³-hybridized carbons (Fsp3) is 0.267. The van der Waals surface area contributed by atoms with Crippen LogP contribution >= 0.6 is 0 Å². The zero-order valence-corrected chi connectivity index (χ0v) is 10.4. The van der Waals surface area contributed by atoms with Gasteiger partial charge in [-0.15, -0.1) is 0 Å². The minimum absolute atomic E-state index is 0.358. The zero-order valence-electron chi connectivity index (χ0n) is 10.4. The number of nitrogens with one attached hydrogen (secondary N) is 1. The van der Waals surface area contributed by atoms with E-state index in [-0.39, 0.29) is 0 Å². The van der Waals surface area contributed by atoms with Crippen molar-refractivity contribution in [3.63, 3.8) is 0 Å². The average molecular weight is 226 g/mol. The molecule has 0 aliphatic carbocycles. The molecule has 0 aliphatic heterocycles. The Morgan fingerprint density at radius 1 is 1.18 bits per heavy atom. The highest BCUT2D eigenvalue weighted by Gasteiger charge is 2.06. The second-order valence-corrected chi connectivity index (χ2v) is 4.32. The van der Waals surface area contributed by atoms with Gasteiger partial charge in [0.2, 0.25) is 0 Å². The van der Waals surface area contributed by atoms with Crippen molar-refractivity contribution in [1.82, 2.24) is 10.3 Å². The van der Waals surface area contributed by atoms with Crippen molar-refractivity contribution < 1.29 is 0 Å². The standard InChI is InChI=1S/C15H18N2/c1-12-6-3-4-8-15(12)13(2)17-11-14-7-5-9-16-10-14/h3-10,13,17H,11H2,1-2H3/t13-/m1/s1. The van der Waals surface area contributed by atoms with Crippen LogP contribution in [-0.4, -0.2) is 4.98 Å². The quantitative estimate of drug-likeness (QED) is 0.865. The van der Waals surface area contributed by atoms with E-state index >= 15 is 0 Å². The molecular weight excluding hydrogens is 208 g/mol. The molecular formula is C15H18N2. The molecule has 1 N–H and O–H groups in total. The summed E-state index contributed by atoms with van der Waals surface area (Å²) in [5, 5.41) is 3.52. The molecule has 1 aromatic carbocycles. The molecule has 1 aromatic heterocycles. The summed E-state index contributed by atoms with van der Waals surface area (Å²) >= 11 is 0. The van der Waals surface area contributed by atoms with Gasteiger partial charge in [-0.3, -0.25) is 4.98 Å². The Hall–Kier alpha value is -1.67. The van der Waals surface area contributed by atoms with E-state index in [0.717, 1.165) is 6.54 Å². The number of nitrogens with zero attached hydrogens (tertiary/aromatic N) is 1. The normalized spacial score (nSPS) is 12.4. The van der Waals surface area contributed by atoms with E-state index in [0.29, 0.717) is 6.04 Å². The fourth-order valence-electron chi connectivity index (χ4n) is 1.96. The third kappa shape index (κ3) is 3.14. The summed E-state index contributed by atoms with van der Waals surface area (Å²) in [7, 11) is 0. The highest BCUT2D eigenvalue weighted by atomic mass is 14.9. The Morgan fingerprint density at radius 3 is 2.71 bits per heavy atom. The van der Waals surface area contributed by atoms with E-state index in [1.807, 2.05) is 12.3 Å².